The van der Waals surface area contributed by atoms with Gasteiger partial charge in [-0.1, -0.05) is 0 Å². The Hall–Kier alpha value is -3.66. The second-order valence-electron chi connectivity index (χ2n) is 7.31. The first-order chi connectivity index (χ1) is 16.4. The molecule has 1 heterocycles. The van der Waals surface area contributed by atoms with E-state index in [1.54, 1.807) is 13.2 Å². The van der Waals surface area contributed by atoms with Crippen LogP contribution in [0.1, 0.15) is 35.7 Å². The van der Waals surface area contributed by atoms with Gasteiger partial charge in [-0.05, 0) is 50.1 Å². The van der Waals surface area contributed by atoms with Crippen molar-refractivity contribution in [3.8, 4) is 17.2 Å². The Bertz CT molecular complexity index is 1060. The average molecular weight is 474 g/mol. The standard InChI is InChI=1S/C24H27FN2O7/c1-3-33-22-13-16(6-9-21(22)31-2)20-5-4-10-27(26-20)24(30)18-8-7-17(14-19(18)25)34-12-11-32-15-23(28)29/h6-9,13-14H,3-5,10-12,15H2,1-2H3,(H,28,29). The first kappa shape index (κ1) is 25.0. The highest BCUT2D eigenvalue weighted by Gasteiger charge is 2.24. The summed E-state index contributed by atoms with van der Waals surface area (Å²) in [7, 11) is 1.56. The number of hydrazone groups is 1. The number of carboxylic acid groups (broad SMARTS) is 1. The molecule has 182 valence electrons. The number of carbonyl (C=O) groups is 2. The van der Waals surface area contributed by atoms with Crippen molar-refractivity contribution in [1.29, 1.82) is 0 Å². The van der Waals surface area contributed by atoms with Crippen molar-refractivity contribution in [2.75, 3.05) is 40.1 Å². The van der Waals surface area contributed by atoms with E-state index in [1.165, 1.54) is 17.1 Å². The van der Waals surface area contributed by atoms with Crippen molar-refractivity contribution in [3.05, 3.63) is 53.3 Å². The molecule has 1 amide bonds. The minimum Gasteiger partial charge on any atom is -0.493 e. The van der Waals surface area contributed by atoms with Crippen molar-refractivity contribution < 1.29 is 38.0 Å². The van der Waals surface area contributed by atoms with E-state index in [1.807, 2.05) is 19.1 Å². The number of halogens is 1. The highest BCUT2D eigenvalue weighted by molar-refractivity contribution is 6.03. The fourth-order valence-corrected chi connectivity index (χ4v) is 3.39. The monoisotopic (exact) mass is 474 g/mol. The predicted octanol–water partition coefficient (Wildman–Crippen LogP) is 3.35. The van der Waals surface area contributed by atoms with Crippen molar-refractivity contribution in [3.63, 3.8) is 0 Å². The van der Waals surface area contributed by atoms with Gasteiger partial charge in [0.15, 0.2) is 11.5 Å². The lowest BCUT2D eigenvalue weighted by atomic mass is 10.0. The number of benzene rings is 2. The Kier molecular flexibility index (Phi) is 8.80. The maximum atomic E-state index is 14.7. The number of ether oxygens (including phenoxy) is 4. The fourth-order valence-electron chi connectivity index (χ4n) is 3.39. The summed E-state index contributed by atoms with van der Waals surface area (Å²) in [5.41, 5.74) is 1.38. The van der Waals surface area contributed by atoms with Gasteiger partial charge in [0.1, 0.15) is 24.8 Å². The zero-order valence-electron chi connectivity index (χ0n) is 19.1. The summed E-state index contributed by atoms with van der Waals surface area (Å²) >= 11 is 0. The molecule has 0 bridgehead atoms. The second kappa shape index (κ2) is 12.0. The highest BCUT2D eigenvalue weighted by atomic mass is 19.1. The quantitative estimate of drug-likeness (QED) is 0.498. The number of carboxylic acids is 1. The molecule has 9 nitrogen and oxygen atoms in total. The Balaban J connectivity index is 1.70. The second-order valence-corrected chi connectivity index (χ2v) is 7.31. The van der Waals surface area contributed by atoms with E-state index in [-0.39, 0.29) is 24.5 Å². The van der Waals surface area contributed by atoms with Crippen molar-refractivity contribution in [2.24, 2.45) is 5.10 Å². The van der Waals surface area contributed by atoms with Gasteiger partial charge in [0.2, 0.25) is 0 Å². The summed E-state index contributed by atoms with van der Waals surface area (Å²) in [5, 5.41) is 14.3. The van der Waals surface area contributed by atoms with Crippen LogP contribution in [0.3, 0.4) is 0 Å². The van der Waals surface area contributed by atoms with E-state index in [9.17, 15) is 14.0 Å². The molecule has 1 N–H and O–H groups in total. The van der Waals surface area contributed by atoms with Crippen LogP contribution in [-0.2, 0) is 9.53 Å². The number of aliphatic carboxylic acids is 1. The van der Waals surface area contributed by atoms with Gasteiger partial charge in [-0.3, -0.25) is 4.79 Å². The Morgan fingerprint density at radius 2 is 1.94 bits per heavy atom. The first-order valence-corrected chi connectivity index (χ1v) is 10.8. The van der Waals surface area contributed by atoms with Crippen LogP contribution in [0, 0.1) is 5.82 Å². The molecule has 0 unspecified atom stereocenters. The molecule has 34 heavy (non-hydrogen) atoms. The molecule has 0 saturated carbocycles. The van der Waals surface area contributed by atoms with Gasteiger partial charge in [-0.25, -0.2) is 14.2 Å². The number of amides is 1. The number of rotatable bonds is 11. The topological polar surface area (TPSA) is 107 Å². The third kappa shape index (κ3) is 6.44. The molecule has 1 aliphatic heterocycles. The minimum atomic E-state index is -1.08. The third-order valence-corrected chi connectivity index (χ3v) is 4.95. The maximum absolute atomic E-state index is 14.7. The molecular formula is C24H27FN2O7. The molecule has 0 saturated heterocycles. The molecule has 0 spiro atoms. The van der Waals surface area contributed by atoms with Crippen LogP contribution < -0.4 is 14.2 Å². The van der Waals surface area contributed by atoms with Gasteiger partial charge in [-0.2, -0.15) is 5.10 Å². The van der Waals surface area contributed by atoms with Gasteiger partial charge in [-0.15, -0.1) is 0 Å². The SMILES string of the molecule is CCOc1cc(C2=NN(C(=O)c3ccc(OCCOCC(=O)O)cc3F)CCC2)ccc1OC. The van der Waals surface area contributed by atoms with Gasteiger partial charge >= 0.3 is 5.97 Å². The number of hydrogen-bond acceptors (Lipinski definition) is 7. The Morgan fingerprint density at radius 3 is 2.65 bits per heavy atom. The molecule has 10 heteroatoms. The van der Waals surface area contributed by atoms with E-state index in [0.29, 0.717) is 43.2 Å². The number of methoxy groups -OCH3 is 1. The molecule has 1 aliphatic rings. The normalized spacial score (nSPS) is 13.3. The molecule has 0 radical (unpaired) electrons. The molecule has 0 fully saturated rings. The third-order valence-electron chi connectivity index (χ3n) is 4.95. The molecule has 3 rings (SSSR count). The molecule has 0 aliphatic carbocycles. The lowest BCUT2D eigenvalue weighted by molar-refractivity contribution is -0.142. The zero-order chi connectivity index (χ0) is 24.5. The van der Waals surface area contributed by atoms with Gasteiger partial charge in [0.05, 0.1) is 31.6 Å². The molecule has 2 aromatic rings. The lowest BCUT2D eigenvalue weighted by Gasteiger charge is -2.24. The van der Waals surface area contributed by atoms with Crippen molar-refractivity contribution in [1.82, 2.24) is 5.01 Å². The zero-order valence-corrected chi connectivity index (χ0v) is 19.1. The van der Waals surface area contributed by atoms with E-state index >= 15 is 0 Å². The number of carbonyl (C=O) groups excluding carboxylic acids is 1. The minimum absolute atomic E-state index is 0.0379. The smallest absolute Gasteiger partial charge is 0.329 e. The Morgan fingerprint density at radius 1 is 1.12 bits per heavy atom. The fraction of sp³-hybridized carbons (Fsp3) is 0.375. The Labute approximate surface area is 196 Å². The average Bonchev–Trinajstić information content (AvgIpc) is 2.83. The van der Waals surface area contributed by atoms with Crippen molar-refractivity contribution in [2.45, 2.75) is 19.8 Å². The molecule has 2 aromatic carbocycles. The largest absolute Gasteiger partial charge is 0.493 e. The van der Waals surface area contributed by atoms with Crippen LogP contribution in [-0.4, -0.2) is 67.8 Å². The van der Waals surface area contributed by atoms with Crippen LogP contribution >= 0.6 is 0 Å². The summed E-state index contributed by atoms with van der Waals surface area (Å²) < 4.78 is 35.8. The summed E-state index contributed by atoms with van der Waals surface area (Å²) in [5.74, 6) is -0.975. The van der Waals surface area contributed by atoms with Gasteiger partial charge in [0.25, 0.3) is 5.91 Å². The van der Waals surface area contributed by atoms with E-state index in [2.05, 4.69) is 5.10 Å². The van der Waals surface area contributed by atoms with Gasteiger partial charge in [0, 0.05) is 18.2 Å². The molecule has 0 aromatic heterocycles. The summed E-state index contributed by atoms with van der Waals surface area (Å²) in [6, 6.07) is 9.38. The van der Waals surface area contributed by atoms with E-state index in [4.69, 9.17) is 24.1 Å². The molecule has 0 atom stereocenters. The maximum Gasteiger partial charge on any atom is 0.329 e. The highest BCUT2D eigenvalue weighted by Crippen LogP contribution is 2.30. The summed E-state index contributed by atoms with van der Waals surface area (Å²) in [4.78, 5) is 23.4. The summed E-state index contributed by atoms with van der Waals surface area (Å²) in [6.07, 6.45) is 1.35. The van der Waals surface area contributed by atoms with E-state index < -0.39 is 24.3 Å². The lowest BCUT2D eigenvalue weighted by Crippen LogP contribution is -2.32. The van der Waals surface area contributed by atoms with E-state index in [0.717, 1.165) is 11.6 Å². The summed E-state index contributed by atoms with van der Waals surface area (Å²) in [6.45, 7) is 2.37. The first-order valence-electron chi connectivity index (χ1n) is 10.8. The van der Waals surface area contributed by atoms with Gasteiger partial charge < -0.3 is 24.1 Å². The van der Waals surface area contributed by atoms with Crippen LogP contribution in [0.5, 0.6) is 17.2 Å². The van der Waals surface area contributed by atoms with Crippen LogP contribution in [0.2, 0.25) is 0 Å². The van der Waals surface area contributed by atoms with Crippen LogP contribution in [0.25, 0.3) is 0 Å². The number of hydrogen-bond donors (Lipinski definition) is 1. The molecular weight excluding hydrogens is 447 g/mol. The van der Waals surface area contributed by atoms with Crippen LogP contribution in [0.4, 0.5) is 4.39 Å². The van der Waals surface area contributed by atoms with Crippen LogP contribution in [0.15, 0.2) is 41.5 Å². The number of nitrogens with zero attached hydrogens (tertiary/aromatic N) is 2. The predicted molar refractivity (Wildman–Crippen MR) is 121 cm³/mol. The van der Waals surface area contributed by atoms with Crippen molar-refractivity contribution >= 4 is 17.6 Å².